The van der Waals surface area contributed by atoms with Crippen molar-refractivity contribution in [3.05, 3.63) is 6.92 Å². The predicted molar refractivity (Wildman–Crippen MR) is 119 cm³/mol. The van der Waals surface area contributed by atoms with Gasteiger partial charge in [-0.3, -0.25) is 4.79 Å². The lowest BCUT2D eigenvalue weighted by Crippen LogP contribution is -2.04. The molecular formula is C25H49O2. The Morgan fingerprint density at radius 2 is 0.926 bits per heavy atom. The van der Waals surface area contributed by atoms with E-state index in [0.29, 0.717) is 19.4 Å². The van der Waals surface area contributed by atoms with Crippen LogP contribution in [0.1, 0.15) is 142 Å². The van der Waals surface area contributed by atoms with E-state index in [1.807, 2.05) is 0 Å². The third-order valence-corrected chi connectivity index (χ3v) is 5.39. The molecule has 2 heteroatoms. The van der Waals surface area contributed by atoms with Gasteiger partial charge in [-0.05, 0) is 19.8 Å². The first-order valence-electron chi connectivity index (χ1n) is 12.3. The number of ether oxygens (including phenoxy) is 1. The molecule has 0 saturated carbocycles. The first kappa shape index (κ1) is 26.5. The van der Waals surface area contributed by atoms with Gasteiger partial charge in [0.2, 0.25) is 0 Å². The van der Waals surface area contributed by atoms with Gasteiger partial charge in [0.15, 0.2) is 0 Å². The maximum Gasteiger partial charge on any atom is 0.305 e. The van der Waals surface area contributed by atoms with Crippen LogP contribution in [0.15, 0.2) is 0 Å². The second kappa shape index (κ2) is 23.5. The van der Waals surface area contributed by atoms with Crippen molar-refractivity contribution in [2.75, 3.05) is 6.61 Å². The van der Waals surface area contributed by atoms with Gasteiger partial charge in [0.1, 0.15) is 0 Å². The molecule has 0 aromatic heterocycles. The second-order valence-electron chi connectivity index (χ2n) is 8.19. The van der Waals surface area contributed by atoms with Crippen LogP contribution < -0.4 is 0 Å². The van der Waals surface area contributed by atoms with Crippen molar-refractivity contribution in [1.82, 2.24) is 0 Å². The Morgan fingerprint density at radius 1 is 0.593 bits per heavy atom. The molecule has 0 unspecified atom stereocenters. The number of rotatable bonds is 22. The van der Waals surface area contributed by atoms with Crippen LogP contribution in [0.5, 0.6) is 0 Å². The van der Waals surface area contributed by atoms with Crippen LogP contribution in [-0.2, 0) is 9.53 Å². The molecule has 0 rings (SSSR count). The Hall–Kier alpha value is -0.530. The molecule has 2 nitrogen and oxygen atoms in total. The lowest BCUT2D eigenvalue weighted by Gasteiger charge is -2.04. The minimum absolute atomic E-state index is 0.0503. The third-order valence-electron chi connectivity index (χ3n) is 5.39. The monoisotopic (exact) mass is 381 g/mol. The van der Waals surface area contributed by atoms with E-state index >= 15 is 0 Å². The van der Waals surface area contributed by atoms with Crippen molar-refractivity contribution in [3.63, 3.8) is 0 Å². The van der Waals surface area contributed by atoms with Crippen molar-refractivity contribution >= 4 is 5.97 Å². The van der Waals surface area contributed by atoms with Gasteiger partial charge in [-0.1, -0.05) is 122 Å². The summed E-state index contributed by atoms with van der Waals surface area (Å²) in [5.74, 6) is -0.0503. The van der Waals surface area contributed by atoms with Gasteiger partial charge in [0.05, 0.1) is 6.61 Å². The zero-order valence-corrected chi connectivity index (χ0v) is 18.6. The molecule has 0 spiro atoms. The summed E-state index contributed by atoms with van der Waals surface area (Å²) in [5, 5.41) is 0. The molecule has 161 valence electrons. The van der Waals surface area contributed by atoms with Crippen molar-refractivity contribution < 1.29 is 9.53 Å². The maximum absolute atomic E-state index is 11.3. The highest BCUT2D eigenvalue weighted by Gasteiger charge is 2.01. The van der Waals surface area contributed by atoms with E-state index in [1.165, 1.54) is 109 Å². The van der Waals surface area contributed by atoms with E-state index in [4.69, 9.17) is 4.74 Å². The summed E-state index contributed by atoms with van der Waals surface area (Å²) in [5.41, 5.74) is 0. The van der Waals surface area contributed by atoms with Gasteiger partial charge in [-0.2, -0.15) is 0 Å². The summed E-state index contributed by atoms with van der Waals surface area (Å²) in [6.45, 7) is 6.43. The summed E-state index contributed by atoms with van der Waals surface area (Å²) in [7, 11) is 0. The molecule has 0 aromatic rings. The Labute approximate surface area is 171 Å². The highest BCUT2D eigenvalue weighted by molar-refractivity contribution is 5.69. The van der Waals surface area contributed by atoms with Gasteiger partial charge in [0, 0.05) is 6.42 Å². The second-order valence-corrected chi connectivity index (χ2v) is 8.19. The van der Waals surface area contributed by atoms with Crippen molar-refractivity contribution in [2.24, 2.45) is 0 Å². The van der Waals surface area contributed by atoms with E-state index in [-0.39, 0.29) is 5.97 Å². The van der Waals surface area contributed by atoms with Crippen molar-refractivity contribution in [3.8, 4) is 0 Å². The summed E-state index contributed by atoms with van der Waals surface area (Å²) in [4.78, 5) is 11.3. The summed E-state index contributed by atoms with van der Waals surface area (Å²) >= 11 is 0. The highest BCUT2D eigenvalue weighted by Crippen LogP contribution is 2.14. The SMILES string of the molecule is [CH2]CCOC(=O)CCCCCCCCCCCCCCCCCCCCC. The van der Waals surface area contributed by atoms with Crippen molar-refractivity contribution in [2.45, 2.75) is 142 Å². The molecule has 0 bridgehead atoms. The highest BCUT2D eigenvalue weighted by atomic mass is 16.5. The van der Waals surface area contributed by atoms with Gasteiger partial charge >= 0.3 is 5.97 Å². The minimum atomic E-state index is -0.0503. The number of hydrogen-bond acceptors (Lipinski definition) is 2. The van der Waals surface area contributed by atoms with Crippen LogP contribution in [0.3, 0.4) is 0 Å². The molecule has 0 fully saturated rings. The zero-order chi connectivity index (χ0) is 19.8. The molecule has 0 amide bonds. The number of esters is 1. The first-order chi connectivity index (χ1) is 13.3. The lowest BCUT2D eigenvalue weighted by atomic mass is 10.0. The predicted octanol–water partition coefficient (Wildman–Crippen LogP) is 8.58. The summed E-state index contributed by atoms with van der Waals surface area (Å²) < 4.78 is 5.03. The fourth-order valence-corrected chi connectivity index (χ4v) is 3.61. The topological polar surface area (TPSA) is 26.3 Å². The fourth-order valence-electron chi connectivity index (χ4n) is 3.61. The average molecular weight is 382 g/mol. The third kappa shape index (κ3) is 23.4. The number of carbonyl (C=O) groups excluding carboxylic acids is 1. The molecular weight excluding hydrogens is 332 g/mol. The molecule has 0 N–H and O–H groups in total. The molecule has 0 heterocycles. The zero-order valence-electron chi connectivity index (χ0n) is 18.6. The Morgan fingerprint density at radius 3 is 1.26 bits per heavy atom. The van der Waals surface area contributed by atoms with Crippen LogP contribution in [0.25, 0.3) is 0 Å². The molecule has 27 heavy (non-hydrogen) atoms. The van der Waals surface area contributed by atoms with Gasteiger partial charge < -0.3 is 4.74 Å². The molecule has 0 aromatic carbocycles. The van der Waals surface area contributed by atoms with Crippen LogP contribution in [0.4, 0.5) is 0 Å². The lowest BCUT2D eigenvalue weighted by molar-refractivity contribution is -0.143. The van der Waals surface area contributed by atoms with Gasteiger partial charge in [-0.25, -0.2) is 0 Å². The summed E-state index contributed by atoms with van der Waals surface area (Å²) in [6.07, 6.45) is 27.4. The number of carbonyl (C=O) groups is 1. The molecule has 0 aliphatic carbocycles. The quantitative estimate of drug-likeness (QED) is 0.139. The number of unbranched alkanes of at least 4 members (excludes halogenated alkanes) is 18. The Kier molecular flexibility index (Phi) is 23.0. The number of hydrogen-bond donors (Lipinski definition) is 0. The summed E-state index contributed by atoms with van der Waals surface area (Å²) in [6, 6.07) is 0. The van der Waals surface area contributed by atoms with E-state index in [9.17, 15) is 4.79 Å². The molecule has 0 atom stereocenters. The van der Waals surface area contributed by atoms with E-state index in [2.05, 4.69) is 13.8 Å². The average Bonchev–Trinajstić information content (AvgIpc) is 2.68. The maximum atomic E-state index is 11.3. The van der Waals surface area contributed by atoms with Crippen LogP contribution in [-0.4, -0.2) is 12.6 Å². The van der Waals surface area contributed by atoms with Crippen LogP contribution in [0, 0.1) is 6.92 Å². The molecule has 0 aliphatic rings. The van der Waals surface area contributed by atoms with Crippen molar-refractivity contribution in [1.29, 1.82) is 0 Å². The van der Waals surface area contributed by atoms with Gasteiger partial charge in [-0.15, -0.1) is 0 Å². The van der Waals surface area contributed by atoms with Gasteiger partial charge in [0.25, 0.3) is 0 Å². The largest absolute Gasteiger partial charge is 0.466 e. The molecule has 0 aliphatic heterocycles. The van der Waals surface area contributed by atoms with E-state index < -0.39 is 0 Å². The van der Waals surface area contributed by atoms with E-state index in [0.717, 1.165) is 12.8 Å². The Bertz CT molecular complexity index is 288. The molecule has 0 saturated heterocycles. The smallest absolute Gasteiger partial charge is 0.305 e. The first-order valence-corrected chi connectivity index (χ1v) is 12.3. The van der Waals surface area contributed by atoms with Crippen LogP contribution >= 0.6 is 0 Å². The standard InChI is InChI=1S/C25H49O2/c1-3-5-6-7-8-9-10-11-12-13-14-15-16-17-18-19-20-21-22-23-25(26)27-24-4-2/h2-24H2,1H3. The molecule has 1 radical (unpaired) electrons. The van der Waals surface area contributed by atoms with E-state index in [1.54, 1.807) is 0 Å². The van der Waals surface area contributed by atoms with Crippen LogP contribution in [0.2, 0.25) is 0 Å². The normalized spacial score (nSPS) is 11.0. The fraction of sp³-hybridized carbons (Fsp3) is 0.920. The Balaban J connectivity index is 3.04. The minimum Gasteiger partial charge on any atom is -0.466 e.